The zero-order valence-corrected chi connectivity index (χ0v) is 37.2. The number of furan rings is 1. The summed E-state index contributed by atoms with van der Waals surface area (Å²) in [6.07, 6.45) is 25.1. The van der Waals surface area contributed by atoms with Crippen LogP contribution in [-0.4, -0.2) is 82.9 Å². The first-order valence-corrected chi connectivity index (χ1v) is 23.3. The zero-order valence-electron chi connectivity index (χ0n) is 36.3. The Kier molecular flexibility index (Phi) is 31.0. The third-order valence-electron chi connectivity index (χ3n) is 9.76. The van der Waals surface area contributed by atoms with E-state index >= 15 is 0 Å². The lowest BCUT2D eigenvalue weighted by Crippen LogP contribution is -2.30. The van der Waals surface area contributed by atoms with E-state index < -0.39 is 50.8 Å². The van der Waals surface area contributed by atoms with Crippen molar-refractivity contribution in [2.45, 2.75) is 174 Å². The van der Waals surface area contributed by atoms with Gasteiger partial charge in [-0.3, -0.25) is 18.6 Å². The Morgan fingerprint density at radius 2 is 1.29 bits per heavy atom. The number of aryl methyl sites for hydroxylation is 2. The number of phosphoric acid groups is 1. The largest absolute Gasteiger partial charge is 0.472 e. The maximum absolute atomic E-state index is 12.6. The number of allylic oxidation sites excluding steroid dienone is 6. The summed E-state index contributed by atoms with van der Waals surface area (Å²) in [4.78, 5) is 35.0. The number of aliphatic hydroxyl groups excluding tert-OH is 3. The highest BCUT2D eigenvalue weighted by molar-refractivity contribution is 7.47. The van der Waals surface area contributed by atoms with Crippen LogP contribution >= 0.6 is 7.82 Å². The first-order chi connectivity index (χ1) is 28.3. The Bertz CT molecular complexity index is 1440. The van der Waals surface area contributed by atoms with E-state index in [1.54, 1.807) is 42.5 Å². The van der Waals surface area contributed by atoms with Gasteiger partial charge in [-0.15, -0.1) is 0 Å². The van der Waals surface area contributed by atoms with Gasteiger partial charge in [-0.25, -0.2) is 4.57 Å². The maximum atomic E-state index is 12.6. The van der Waals surface area contributed by atoms with E-state index in [1.807, 2.05) is 0 Å². The molecule has 0 aliphatic heterocycles. The summed E-state index contributed by atoms with van der Waals surface area (Å²) >= 11 is 0. The van der Waals surface area contributed by atoms with E-state index in [4.69, 9.17) is 28.7 Å². The lowest BCUT2D eigenvalue weighted by atomic mass is 10.0. The van der Waals surface area contributed by atoms with Crippen LogP contribution < -0.4 is 5.73 Å². The molecule has 1 rings (SSSR count). The molecular weight excluding hydrogens is 777 g/mol. The quantitative estimate of drug-likeness (QED) is 0.0186. The van der Waals surface area contributed by atoms with Crippen LogP contribution in [0.3, 0.4) is 0 Å². The van der Waals surface area contributed by atoms with Crippen LogP contribution in [0.5, 0.6) is 0 Å². The van der Waals surface area contributed by atoms with E-state index in [-0.39, 0.29) is 45.4 Å². The monoisotopic (exact) mass is 854 g/mol. The van der Waals surface area contributed by atoms with Crippen molar-refractivity contribution in [2.75, 3.05) is 26.4 Å². The van der Waals surface area contributed by atoms with E-state index in [1.165, 1.54) is 17.2 Å². The minimum absolute atomic E-state index is 0.0101. The second-order valence-electron chi connectivity index (χ2n) is 15.0. The van der Waals surface area contributed by atoms with Crippen LogP contribution in [0.15, 0.2) is 53.0 Å². The van der Waals surface area contributed by atoms with E-state index in [0.717, 1.165) is 101 Å². The van der Waals surface area contributed by atoms with Crippen LogP contribution in [0, 0.1) is 13.8 Å². The molecule has 338 valence electrons. The molecular formula is C45H76NO12P. The van der Waals surface area contributed by atoms with Crippen LogP contribution in [-0.2, 0) is 45.5 Å². The fourth-order valence-corrected chi connectivity index (χ4v) is 6.89. The van der Waals surface area contributed by atoms with Crippen molar-refractivity contribution in [1.29, 1.82) is 0 Å². The summed E-state index contributed by atoms with van der Waals surface area (Å²) in [6.45, 7) is 7.40. The lowest BCUT2D eigenvalue weighted by Gasteiger charge is -2.20. The van der Waals surface area contributed by atoms with Gasteiger partial charge in [0, 0.05) is 32.2 Å². The van der Waals surface area contributed by atoms with Crippen molar-refractivity contribution >= 4 is 19.8 Å². The van der Waals surface area contributed by atoms with Crippen molar-refractivity contribution in [3.8, 4) is 0 Å². The molecule has 14 heteroatoms. The van der Waals surface area contributed by atoms with Crippen molar-refractivity contribution in [3.63, 3.8) is 0 Å². The Morgan fingerprint density at radius 1 is 0.695 bits per heavy atom. The Labute approximate surface area is 353 Å². The number of aliphatic hydroxyl groups is 3. The highest BCUT2D eigenvalue weighted by Gasteiger charge is 2.26. The Morgan fingerprint density at radius 3 is 1.93 bits per heavy atom. The molecule has 13 nitrogen and oxygen atoms in total. The van der Waals surface area contributed by atoms with Gasteiger partial charge in [0.05, 0.1) is 31.5 Å². The number of carbonyl (C=O) groups excluding carboxylic acids is 2. The first kappa shape index (κ1) is 54.1. The zero-order chi connectivity index (χ0) is 43.7. The van der Waals surface area contributed by atoms with Crippen LogP contribution in [0.1, 0.15) is 146 Å². The van der Waals surface area contributed by atoms with Crippen LogP contribution in [0.2, 0.25) is 0 Å². The molecule has 0 fully saturated rings. The summed E-state index contributed by atoms with van der Waals surface area (Å²) in [7, 11) is -4.49. The highest BCUT2D eigenvalue weighted by Crippen LogP contribution is 2.43. The molecule has 0 spiro atoms. The van der Waals surface area contributed by atoms with E-state index in [0.29, 0.717) is 6.42 Å². The summed E-state index contributed by atoms with van der Waals surface area (Å²) in [5.41, 5.74) is 7.91. The molecule has 0 aliphatic carbocycles. The topological polar surface area (TPSA) is 208 Å². The van der Waals surface area contributed by atoms with Gasteiger partial charge in [-0.2, -0.15) is 0 Å². The highest BCUT2D eigenvalue weighted by atomic mass is 31.2. The standard InChI is InChI=1S/C45H76NO12P/c1-5-7-18-25-38(47)26-19-14-12-13-15-20-27-40(48)41(49)28-23-31-45(51)57-39(35-56-59(52,53)55-33-32-46)34-54-44(50)30-22-17-11-9-8-10-16-21-29-43-37(4)36(3)42(58-43)24-6-2/h12-15,19-20,26-27,38-41,47-49H,5-11,16-18,21-25,28-35,46H2,1-4H3,(H,52,53)/b14-12-,15-13+,26-19+,27-20+/t38-,39+,40-,41-/m0/s1. The van der Waals surface area contributed by atoms with Gasteiger partial charge < -0.3 is 39.8 Å². The van der Waals surface area contributed by atoms with Crippen LogP contribution in [0.4, 0.5) is 0 Å². The van der Waals surface area contributed by atoms with Gasteiger partial charge in [0.1, 0.15) is 18.1 Å². The SMILES string of the molecule is CCCCC[C@H](O)/C=C/C=C\C=C\C=C\[C@H](O)[C@@H](O)CCCC(=O)O[C@H](COC(=O)CCCCCCCCCCc1oc(CCC)c(C)c1C)COP(=O)(O)OCCN. The molecule has 0 saturated heterocycles. The number of phosphoric ester groups is 1. The number of nitrogens with two attached hydrogens (primary N) is 1. The predicted octanol–water partition coefficient (Wildman–Crippen LogP) is 8.51. The minimum Gasteiger partial charge on any atom is -0.466 e. The summed E-state index contributed by atoms with van der Waals surface area (Å²) in [5, 5.41) is 30.5. The molecule has 0 radical (unpaired) electrons. The average molecular weight is 854 g/mol. The molecule has 5 atom stereocenters. The van der Waals surface area contributed by atoms with Crippen molar-refractivity contribution in [3.05, 3.63) is 71.3 Å². The average Bonchev–Trinajstić information content (AvgIpc) is 3.47. The number of ether oxygens (including phenoxy) is 2. The van der Waals surface area contributed by atoms with Crippen molar-refractivity contribution in [1.82, 2.24) is 0 Å². The van der Waals surface area contributed by atoms with Gasteiger partial charge in [0.2, 0.25) is 0 Å². The number of rotatable bonds is 36. The second-order valence-corrected chi connectivity index (χ2v) is 16.5. The lowest BCUT2D eigenvalue weighted by molar-refractivity contribution is -0.161. The fraction of sp³-hybridized carbons (Fsp3) is 0.689. The van der Waals surface area contributed by atoms with Crippen molar-refractivity contribution in [2.24, 2.45) is 5.73 Å². The predicted molar refractivity (Wildman–Crippen MR) is 232 cm³/mol. The second kappa shape index (κ2) is 33.8. The first-order valence-electron chi connectivity index (χ1n) is 21.8. The minimum atomic E-state index is -4.49. The number of hydrogen-bond donors (Lipinski definition) is 5. The van der Waals surface area contributed by atoms with Gasteiger partial charge >= 0.3 is 19.8 Å². The smallest absolute Gasteiger partial charge is 0.466 e. The van der Waals surface area contributed by atoms with Crippen LogP contribution in [0.25, 0.3) is 0 Å². The van der Waals surface area contributed by atoms with Gasteiger partial charge in [0.15, 0.2) is 6.10 Å². The molecule has 1 aromatic rings. The third-order valence-corrected chi connectivity index (χ3v) is 10.7. The number of hydrogen-bond acceptors (Lipinski definition) is 12. The maximum Gasteiger partial charge on any atom is 0.472 e. The molecule has 0 aromatic carbocycles. The summed E-state index contributed by atoms with van der Waals surface area (Å²) < 4.78 is 38.7. The molecule has 0 amide bonds. The number of esters is 2. The molecule has 59 heavy (non-hydrogen) atoms. The van der Waals surface area contributed by atoms with Crippen molar-refractivity contribution < 1.29 is 57.3 Å². The number of carbonyl (C=O) groups is 2. The Hall–Kier alpha value is -2.87. The molecule has 6 N–H and O–H groups in total. The third kappa shape index (κ3) is 27.6. The molecule has 1 unspecified atom stereocenters. The van der Waals surface area contributed by atoms with Gasteiger partial charge in [0.25, 0.3) is 0 Å². The molecule has 0 aliphatic rings. The summed E-state index contributed by atoms with van der Waals surface area (Å²) in [5.74, 6) is 1.07. The molecule has 1 heterocycles. The van der Waals surface area contributed by atoms with Gasteiger partial charge in [-0.05, 0) is 63.5 Å². The normalized spacial score (nSPS) is 15.3. The summed E-state index contributed by atoms with van der Waals surface area (Å²) in [6, 6.07) is 0. The van der Waals surface area contributed by atoms with E-state index in [9.17, 15) is 34.4 Å². The number of unbranched alkanes of at least 4 members (excludes halogenated alkanes) is 9. The Balaban J connectivity index is 2.40. The fourth-order valence-electron chi connectivity index (χ4n) is 6.12. The molecule has 1 aromatic heterocycles. The van der Waals surface area contributed by atoms with E-state index in [2.05, 4.69) is 27.7 Å². The van der Waals surface area contributed by atoms with Gasteiger partial charge in [-0.1, -0.05) is 120 Å². The molecule has 0 bridgehead atoms. The molecule has 0 saturated carbocycles.